The summed E-state index contributed by atoms with van der Waals surface area (Å²) in [5.41, 5.74) is -1.51. The number of hydrazone groups is 1. The van der Waals surface area contributed by atoms with Gasteiger partial charge >= 0.3 is 11.8 Å². The number of amides is 2. The van der Waals surface area contributed by atoms with E-state index in [9.17, 15) is 23.5 Å². The van der Waals surface area contributed by atoms with Gasteiger partial charge in [-0.15, -0.1) is 0 Å². The Labute approximate surface area is 150 Å². The molecule has 0 radical (unpaired) electrons. The molecule has 1 atom stereocenters. The molecule has 8 heteroatoms. The van der Waals surface area contributed by atoms with Gasteiger partial charge in [0, 0.05) is 18.7 Å². The maximum atomic E-state index is 13.3. The standard InChI is InChI=1S/C18H23F2N3O3/c1-2-3-9-14-12-18(26,17(19)20)23(22-14)16(25)15(24)21-11-10-13-7-5-4-6-8-13/h4-8,17,26H,2-3,9-12H2,1H3,(H,21,24). The third-order valence-electron chi connectivity index (χ3n) is 4.17. The lowest BCUT2D eigenvalue weighted by Crippen LogP contribution is -2.55. The van der Waals surface area contributed by atoms with E-state index in [2.05, 4.69) is 10.4 Å². The number of rotatable bonds is 7. The molecular weight excluding hydrogens is 344 g/mol. The van der Waals surface area contributed by atoms with Crippen LogP contribution in [0.15, 0.2) is 35.4 Å². The van der Waals surface area contributed by atoms with Crippen LogP contribution in [-0.4, -0.2) is 46.3 Å². The third-order valence-corrected chi connectivity index (χ3v) is 4.17. The number of aliphatic hydroxyl groups is 1. The van der Waals surface area contributed by atoms with Gasteiger partial charge in [-0.3, -0.25) is 9.59 Å². The van der Waals surface area contributed by atoms with Crippen molar-refractivity contribution < 1.29 is 23.5 Å². The van der Waals surface area contributed by atoms with E-state index in [1.165, 1.54) is 0 Å². The second-order valence-corrected chi connectivity index (χ2v) is 6.23. The van der Waals surface area contributed by atoms with Gasteiger partial charge < -0.3 is 10.4 Å². The molecule has 1 unspecified atom stereocenters. The molecule has 26 heavy (non-hydrogen) atoms. The third kappa shape index (κ3) is 4.63. The summed E-state index contributed by atoms with van der Waals surface area (Å²) in [5, 5.41) is 16.6. The minimum absolute atomic E-state index is 0.169. The first-order chi connectivity index (χ1) is 12.4. The Morgan fingerprint density at radius 3 is 2.62 bits per heavy atom. The maximum absolute atomic E-state index is 13.3. The maximum Gasteiger partial charge on any atom is 0.334 e. The Morgan fingerprint density at radius 1 is 1.31 bits per heavy atom. The minimum atomic E-state index is -3.23. The van der Waals surface area contributed by atoms with Crippen molar-refractivity contribution in [3.05, 3.63) is 35.9 Å². The van der Waals surface area contributed by atoms with Crippen molar-refractivity contribution in [2.75, 3.05) is 6.54 Å². The number of hydrogen-bond acceptors (Lipinski definition) is 4. The van der Waals surface area contributed by atoms with Crippen molar-refractivity contribution in [3.63, 3.8) is 0 Å². The number of carbonyl (C=O) groups excluding carboxylic acids is 2. The first-order valence-corrected chi connectivity index (χ1v) is 8.61. The van der Waals surface area contributed by atoms with Crippen molar-refractivity contribution in [1.29, 1.82) is 0 Å². The summed E-state index contributed by atoms with van der Waals surface area (Å²) in [6, 6.07) is 9.30. The molecule has 0 aliphatic carbocycles. The number of nitrogens with one attached hydrogen (secondary N) is 1. The quantitative estimate of drug-likeness (QED) is 0.724. The number of nitrogens with zero attached hydrogens (tertiary/aromatic N) is 2. The number of halogens is 2. The highest BCUT2D eigenvalue weighted by Gasteiger charge is 2.52. The predicted molar refractivity (Wildman–Crippen MR) is 92.5 cm³/mol. The van der Waals surface area contributed by atoms with Crippen LogP contribution in [0.4, 0.5) is 8.78 Å². The van der Waals surface area contributed by atoms with E-state index in [0.29, 0.717) is 25.0 Å². The van der Waals surface area contributed by atoms with E-state index < -0.39 is 30.4 Å². The molecule has 2 rings (SSSR count). The van der Waals surface area contributed by atoms with Crippen molar-refractivity contribution in [1.82, 2.24) is 10.3 Å². The monoisotopic (exact) mass is 367 g/mol. The lowest BCUT2D eigenvalue weighted by molar-refractivity contribution is -0.193. The van der Waals surface area contributed by atoms with E-state index >= 15 is 0 Å². The van der Waals surface area contributed by atoms with Gasteiger partial charge in [0.15, 0.2) is 0 Å². The molecule has 0 bridgehead atoms. The molecule has 0 spiro atoms. The average Bonchev–Trinajstić information content (AvgIpc) is 2.98. The summed E-state index contributed by atoms with van der Waals surface area (Å²) in [6.45, 7) is 2.10. The van der Waals surface area contributed by atoms with Gasteiger partial charge in [0.2, 0.25) is 5.72 Å². The average molecular weight is 367 g/mol. The van der Waals surface area contributed by atoms with Crippen molar-refractivity contribution >= 4 is 17.5 Å². The van der Waals surface area contributed by atoms with Crippen LogP contribution >= 0.6 is 0 Å². The molecule has 1 aromatic rings. The summed E-state index contributed by atoms with van der Waals surface area (Å²) in [6.07, 6.45) is -1.28. The second kappa shape index (κ2) is 8.84. The predicted octanol–water partition coefficient (Wildman–Crippen LogP) is 2.08. The van der Waals surface area contributed by atoms with Crippen molar-refractivity contribution in [2.24, 2.45) is 5.10 Å². The van der Waals surface area contributed by atoms with Gasteiger partial charge in [0.05, 0.1) is 0 Å². The smallest absolute Gasteiger partial charge is 0.334 e. The van der Waals surface area contributed by atoms with Gasteiger partial charge in [-0.05, 0) is 24.8 Å². The molecule has 6 nitrogen and oxygen atoms in total. The largest absolute Gasteiger partial charge is 0.364 e. The van der Waals surface area contributed by atoms with Crippen LogP contribution in [0.25, 0.3) is 0 Å². The van der Waals surface area contributed by atoms with Crippen LogP contribution in [0.3, 0.4) is 0 Å². The van der Waals surface area contributed by atoms with Gasteiger partial charge in [-0.25, -0.2) is 8.78 Å². The molecule has 0 fully saturated rings. The highest BCUT2D eigenvalue weighted by atomic mass is 19.3. The molecule has 142 valence electrons. The zero-order valence-corrected chi connectivity index (χ0v) is 14.6. The van der Waals surface area contributed by atoms with Crippen molar-refractivity contribution in [2.45, 2.75) is 51.2 Å². The number of unbranched alkanes of at least 4 members (excludes halogenated alkanes) is 1. The molecule has 1 aliphatic rings. The van der Waals surface area contributed by atoms with Gasteiger partial charge in [0.1, 0.15) is 0 Å². The zero-order valence-electron chi connectivity index (χ0n) is 14.6. The van der Waals surface area contributed by atoms with Gasteiger partial charge in [-0.2, -0.15) is 10.1 Å². The number of hydrogen-bond donors (Lipinski definition) is 2. The fourth-order valence-electron chi connectivity index (χ4n) is 2.69. The van der Waals surface area contributed by atoms with Crippen LogP contribution in [0.5, 0.6) is 0 Å². The van der Waals surface area contributed by atoms with E-state index in [4.69, 9.17) is 0 Å². The molecule has 1 aromatic carbocycles. The summed E-state index contributed by atoms with van der Waals surface area (Å²) >= 11 is 0. The topological polar surface area (TPSA) is 82.0 Å². The van der Waals surface area contributed by atoms with E-state index in [-0.39, 0.29) is 11.6 Å². The molecule has 2 amide bonds. The molecular formula is C18H23F2N3O3. The SMILES string of the molecule is CCCCC1=NN(C(=O)C(=O)NCCc2ccccc2)C(O)(C(F)F)C1. The molecule has 2 N–H and O–H groups in total. The summed E-state index contributed by atoms with van der Waals surface area (Å²) in [7, 11) is 0. The van der Waals surface area contributed by atoms with Crippen LogP contribution in [-0.2, 0) is 16.0 Å². The lowest BCUT2D eigenvalue weighted by atomic mass is 10.0. The number of carbonyl (C=O) groups is 2. The Balaban J connectivity index is 1.99. The first kappa shape index (κ1) is 20.0. The van der Waals surface area contributed by atoms with E-state index in [0.717, 1.165) is 12.0 Å². The molecule has 0 saturated carbocycles. The van der Waals surface area contributed by atoms with Crippen LogP contribution in [0.2, 0.25) is 0 Å². The van der Waals surface area contributed by atoms with Gasteiger partial charge in [-0.1, -0.05) is 43.7 Å². The minimum Gasteiger partial charge on any atom is -0.364 e. The highest BCUT2D eigenvalue weighted by molar-refractivity contribution is 6.35. The number of alkyl halides is 2. The second-order valence-electron chi connectivity index (χ2n) is 6.23. The zero-order chi connectivity index (χ0) is 19.2. The Kier molecular flexibility index (Phi) is 6.79. The lowest BCUT2D eigenvalue weighted by Gasteiger charge is -2.29. The normalized spacial score (nSPS) is 19.6. The molecule has 0 aromatic heterocycles. The fourth-order valence-corrected chi connectivity index (χ4v) is 2.69. The van der Waals surface area contributed by atoms with Crippen LogP contribution < -0.4 is 5.32 Å². The van der Waals surface area contributed by atoms with E-state index in [1.54, 1.807) is 0 Å². The van der Waals surface area contributed by atoms with Crippen molar-refractivity contribution in [3.8, 4) is 0 Å². The highest BCUT2D eigenvalue weighted by Crippen LogP contribution is 2.32. The Hall–Kier alpha value is -2.35. The molecule has 1 heterocycles. The summed E-state index contributed by atoms with van der Waals surface area (Å²) < 4.78 is 26.6. The first-order valence-electron chi connectivity index (χ1n) is 8.61. The molecule has 0 saturated heterocycles. The van der Waals surface area contributed by atoms with Gasteiger partial charge in [0.25, 0.3) is 6.43 Å². The van der Waals surface area contributed by atoms with Crippen LogP contribution in [0.1, 0.15) is 38.2 Å². The van der Waals surface area contributed by atoms with E-state index in [1.807, 2.05) is 37.3 Å². The summed E-state index contributed by atoms with van der Waals surface area (Å²) in [5.74, 6) is -2.35. The fraction of sp³-hybridized carbons (Fsp3) is 0.500. The summed E-state index contributed by atoms with van der Waals surface area (Å²) in [4.78, 5) is 24.3. The Morgan fingerprint density at radius 2 is 2.00 bits per heavy atom. The number of benzene rings is 1. The molecule has 1 aliphatic heterocycles. The Bertz CT molecular complexity index is 667. The van der Waals surface area contributed by atoms with Crippen LogP contribution in [0, 0.1) is 0 Å².